The van der Waals surface area contributed by atoms with Gasteiger partial charge < -0.3 is 15.5 Å². The Morgan fingerprint density at radius 3 is 1.20 bits per heavy atom. The molecule has 3 N–H and O–H groups in total. The van der Waals surface area contributed by atoms with Crippen molar-refractivity contribution in [3.05, 3.63) is 85.1 Å². The van der Waals surface area contributed by atoms with Gasteiger partial charge in [0, 0.05) is 6.42 Å². The van der Waals surface area contributed by atoms with Crippen LogP contribution < -0.4 is 5.32 Å². The van der Waals surface area contributed by atoms with Crippen molar-refractivity contribution in [2.75, 3.05) is 6.61 Å². The summed E-state index contributed by atoms with van der Waals surface area (Å²) in [5.74, 6) is -0.0760. The fraction of sp³-hybridized carbons (Fsp3) is 0.706. The van der Waals surface area contributed by atoms with Gasteiger partial charge in [-0.25, -0.2) is 0 Å². The molecule has 0 aromatic carbocycles. The summed E-state index contributed by atoms with van der Waals surface area (Å²) in [5, 5.41) is 23.0. The van der Waals surface area contributed by atoms with Crippen molar-refractivity contribution in [1.82, 2.24) is 5.32 Å². The molecule has 0 radical (unpaired) electrons. The quantitative estimate of drug-likeness (QED) is 0.0429. The van der Waals surface area contributed by atoms with Gasteiger partial charge in [-0.15, -0.1) is 0 Å². The lowest BCUT2D eigenvalue weighted by Gasteiger charge is -2.20. The number of hydrogen-bond donors (Lipinski definition) is 3. The fourth-order valence-electron chi connectivity index (χ4n) is 6.59. The zero-order chi connectivity index (χ0) is 40.0. The molecule has 0 rings (SSSR count). The molecule has 55 heavy (non-hydrogen) atoms. The van der Waals surface area contributed by atoms with Crippen LogP contribution in [0.1, 0.15) is 213 Å². The number of carbonyl (C=O) groups is 1. The molecular formula is C51H89NO3. The van der Waals surface area contributed by atoms with Crippen LogP contribution in [-0.4, -0.2) is 34.9 Å². The van der Waals surface area contributed by atoms with Gasteiger partial charge in [-0.3, -0.25) is 4.79 Å². The second-order valence-electron chi connectivity index (χ2n) is 15.4. The molecule has 1 amide bonds. The maximum atomic E-state index is 12.4. The Labute approximate surface area is 341 Å². The molecule has 0 spiro atoms. The highest BCUT2D eigenvalue weighted by Gasteiger charge is 2.17. The molecule has 0 fully saturated rings. The van der Waals surface area contributed by atoms with Gasteiger partial charge >= 0.3 is 0 Å². The highest BCUT2D eigenvalue weighted by molar-refractivity contribution is 5.76. The van der Waals surface area contributed by atoms with Gasteiger partial charge in [0.25, 0.3) is 0 Å². The number of carbonyl (C=O) groups excluding carboxylic acids is 1. The molecule has 0 aliphatic carbocycles. The first-order valence-corrected chi connectivity index (χ1v) is 23.3. The number of amides is 1. The topological polar surface area (TPSA) is 69.6 Å². The van der Waals surface area contributed by atoms with Crippen LogP contribution in [0.4, 0.5) is 0 Å². The molecule has 0 aliphatic heterocycles. The summed E-state index contributed by atoms with van der Waals surface area (Å²) in [7, 11) is 0. The van der Waals surface area contributed by atoms with Crippen LogP contribution >= 0.6 is 0 Å². The van der Waals surface area contributed by atoms with Crippen molar-refractivity contribution in [1.29, 1.82) is 0 Å². The maximum Gasteiger partial charge on any atom is 0.220 e. The Bertz CT molecular complexity index is 1000. The van der Waals surface area contributed by atoms with Crippen LogP contribution in [0, 0.1) is 0 Å². The molecule has 0 bridgehead atoms. The molecule has 2 atom stereocenters. The van der Waals surface area contributed by atoms with E-state index in [1.165, 1.54) is 122 Å². The third kappa shape index (κ3) is 42.6. The summed E-state index contributed by atoms with van der Waals surface area (Å²) in [6.07, 6.45) is 66.9. The smallest absolute Gasteiger partial charge is 0.220 e. The Hall–Kier alpha value is -2.43. The first-order chi connectivity index (χ1) is 27.2. The van der Waals surface area contributed by atoms with Crippen LogP contribution in [0.2, 0.25) is 0 Å². The monoisotopic (exact) mass is 764 g/mol. The van der Waals surface area contributed by atoms with Crippen LogP contribution in [0.25, 0.3) is 0 Å². The van der Waals surface area contributed by atoms with Gasteiger partial charge in [0.1, 0.15) is 0 Å². The predicted molar refractivity (Wildman–Crippen MR) is 243 cm³/mol. The second kappa shape index (κ2) is 46.0. The lowest BCUT2D eigenvalue weighted by Crippen LogP contribution is -2.45. The Morgan fingerprint density at radius 1 is 0.455 bits per heavy atom. The third-order valence-corrected chi connectivity index (χ3v) is 10.1. The van der Waals surface area contributed by atoms with Crippen LogP contribution in [0.5, 0.6) is 0 Å². The number of allylic oxidation sites excluding steroid dienone is 13. The molecule has 0 saturated heterocycles. The molecule has 0 aromatic rings. The van der Waals surface area contributed by atoms with E-state index >= 15 is 0 Å². The number of rotatable bonds is 41. The van der Waals surface area contributed by atoms with Crippen molar-refractivity contribution in [3.63, 3.8) is 0 Å². The van der Waals surface area contributed by atoms with E-state index in [4.69, 9.17) is 0 Å². The van der Waals surface area contributed by atoms with Crippen molar-refractivity contribution in [2.24, 2.45) is 0 Å². The molecule has 0 aliphatic rings. The SMILES string of the molecule is CC/C=C\C/C=C\C/C=C\C/C=C\C/C=C\C/C=C\CCCCCCCCCCC(=O)NC(CO)C(O)/C=C/CCCCCCCCCCCCCCCC. The van der Waals surface area contributed by atoms with Crippen LogP contribution in [0.15, 0.2) is 85.1 Å². The Kier molecular flexibility index (Phi) is 43.9. The van der Waals surface area contributed by atoms with E-state index in [-0.39, 0.29) is 12.5 Å². The summed E-state index contributed by atoms with van der Waals surface area (Å²) in [5.41, 5.74) is 0. The van der Waals surface area contributed by atoms with E-state index in [1.807, 2.05) is 6.08 Å². The number of unbranched alkanes of at least 4 members (excludes halogenated alkanes) is 22. The molecule has 0 saturated carbocycles. The minimum absolute atomic E-state index is 0.0760. The average Bonchev–Trinajstić information content (AvgIpc) is 3.19. The van der Waals surface area contributed by atoms with Gasteiger partial charge in [-0.05, 0) is 70.6 Å². The predicted octanol–water partition coefficient (Wildman–Crippen LogP) is 14.9. The first-order valence-electron chi connectivity index (χ1n) is 23.3. The van der Waals surface area contributed by atoms with Gasteiger partial charge in [0.15, 0.2) is 0 Å². The minimum atomic E-state index is -0.847. The fourth-order valence-corrected chi connectivity index (χ4v) is 6.59. The summed E-state index contributed by atoms with van der Waals surface area (Å²) in [6, 6.07) is -0.631. The highest BCUT2D eigenvalue weighted by atomic mass is 16.3. The normalized spacial score (nSPS) is 13.7. The van der Waals surface area contributed by atoms with Crippen molar-refractivity contribution < 1.29 is 15.0 Å². The van der Waals surface area contributed by atoms with E-state index in [2.05, 4.69) is 92.1 Å². The summed E-state index contributed by atoms with van der Waals surface area (Å²) in [6.45, 7) is 4.19. The Morgan fingerprint density at radius 2 is 0.800 bits per heavy atom. The third-order valence-electron chi connectivity index (χ3n) is 10.1. The van der Waals surface area contributed by atoms with E-state index in [0.29, 0.717) is 6.42 Å². The van der Waals surface area contributed by atoms with E-state index in [1.54, 1.807) is 6.08 Å². The molecule has 0 aromatic heterocycles. The second-order valence-corrected chi connectivity index (χ2v) is 15.4. The summed E-state index contributed by atoms with van der Waals surface area (Å²) >= 11 is 0. The van der Waals surface area contributed by atoms with Crippen LogP contribution in [-0.2, 0) is 4.79 Å². The first kappa shape index (κ1) is 52.6. The molecular weight excluding hydrogens is 675 g/mol. The maximum absolute atomic E-state index is 12.4. The van der Waals surface area contributed by atoms with Crippen molar-refractivity contribution in [2.45, 2.75) is 225 Å². The number of hydrogen-bond acceptors (Lipinski definition) is 3. The summed E-state index contributed by atoms with van der Waals surface area (Å²) < 4.78 is 0. The average molecular weight is 764 g/mol. The molecule has 4 nitrogen and oxygen atoms in total. The lowest BCUT2D eigenvalue weighted by molar-refractivity contribution is -0.123. The standard InChI is InChI=1S/C51H89NO3/c1-3-5-7-9-11-13-15-17-19-21-22-23-24-25-26-27-28-29-30-31-33-35-37-39-41-43-45-47-51(55)52-49(48-53)50(54)46-44-42-40-38-36-34-32-20-18-16-14-12-10-8-6-4-2/h5,7,11,13,17,19,22-23,25-26,28-29,44,46,49-50,53-54H,3-4,6,8-10,12,14-16,18,20-21,24,27,30-43,45,47-48H2,1-2H3,(H,52,55)/b7-5-,13-11-,19-17-,23-22-,26-25-,29-28-,46-44+. The van der Waals surface area contributed by atoms with Gasteiger partial charge in [-0.1, -0.05) is 221 Å². The molecule has 4 heteroatoms. The van der Waals surface area contributed by atoms with E-state index < -0.39 is 12.1 Å². The molecule has 2 unspecified atom stereocenters. The van der Waals surface area contributed by atoms with Gasteiger partial charge in [0.05, 0.1) is 18.8 Å². The van der Waals surface area contributed by atoms with Gasteiger partial charge in [0.2, 0.25) is 5.91 Å². The van der Waals surface area contributed by atoms with E-state index in [0.717, 1.165) is 70.6 Å². The number of aliphatic hydroxyl groups excluding tert-OH is 2. The van der Waals surface area contributed by atoms with E-state index in [9.17, 15) is 15.0 Å². The minimum Gasteiger partial charge on any atom is -0.394 e. The van der Waals surface area contributed by atoms with Crippen LogP contribution in [0.3, 0.4) is 0 Å². The molecule has 316 valence electrons. The molecule has 0 heterocycles. The zero-order valence-corrected chi connectivity index (χ0v) is 36.2. The van der Waals surface area contributed by atoms with Crippen molar-refractivity contribution >= 4 is 5.91 Å². The Balaban J connectivity index is 3.63. The number of nitrogens with one attached hydrogen (secondary N) is 1. The zero-order valence-electron chi connectivity index (χ0n) is 36.2. The highest BCUT2D eigenvalue weighted by Crippen LogP contribution is 2.14. The lowest BCUT2D eigenvalue weighted by atomic mass is 10.0. The number of aliphatic hydroxyl groups is 2. The van der Waals surface area contributed by atoms with Crippen molar-refractivity contribution in [3.8, 4) is 0 Å². The van der Waals surface area contributed by atoms with Gasteiger partial charge in [-0.2, -0.15) is 0 Å². The largest absolute Gasteiger partial charge is 0.394 e. The summed E-state index contributed by atoms with van der Waals surface area (Å²) in [4.78, 5) is 12.4.